The van der Waals surface area contributed by atoms with Crippen LogP contribution in [0.25, 0.3) is 0 Å². The van der Waals surface area contributed by atoms with Gasteiger partial charge in [-0.05, 0) is 18.8 Å². The maximum absolute atomic E-state index is 5.90. The molecule has 1 aromatic rings. The van der Waals surface area contributed by atoms with Gasteiger partial charge in [-0.3, -0.25) is 0 Å². The van der Waals surface area contributed by atoms with Crippen molar-refractivity contribution >= 4 is 11.6 Å². The number of halogens is 1. The minimum absolute atomic E-state index is 0.577. The smallest absolute Gasteiger partial charge is 0.0951 e. The first-order valence-electron chi connectivity index (χ1n) is 5.91. The molecule has 15 heavy (non-hydrogen) atoms. The van der Waals surface area contributed by atoms with Gasteiger partial charge >= 0.3 is 0 Å². The van der Waals surface area contributed by atoms with E-state index in [0.717, 1.165) is 5.92 Å². The van der Waals surface area contributed by atoms with Crippen LogP contribution in [0.2, 0.25) is 0 Å². The Kier molecular flexibility index (Phi) is 3.68. The summed E-state index contributed by atoms with van der Waals surface area (Å²) in [5.74, 6) is 1.47. The monoisotopic (exact) mass is 226 g/mol. The molecule has 0 aromatic carbocycles. The average molecular weight is 227 g/mol. The van der Waals surface area contributed by atoms with E-state index in [9.17, 15) is 0 Å². The highest BCUT2D eigenvalue weighted by Crippen LogP contribution is 2.34. The van der Waals surface area contributed by atoms with Crippen molar-refractivity contribution in [1.29, 1.82) is 0 Å². The van der Waals surface area contributed by atoms with Crippen LogP contribution in [0, 0.1) is 5.92 Å². The number of nitrogens with zero attached hydrogens (tertiary/aromatic N) is 2. The molecule has 1 aromatic heterocycles. The lowest BCUT2D eigenvalue weighted by Gasteiger charge is -2.30. The van der Waals surface area contributed by atoms with Crippen molar-refractivity contribution in [1.82, 2.24) is 9.55 Å². The summed E-state index contributed by atoms with van der Waals surface area (Å²) in [6.07, 6.45) is 10.5. The molecular formula is C12H19ClN2. The van der Waals surface area contributed by atoms with E-state index in [1.807, 2.05) is 12.5 Å². The van der Waals surface area contributed by atoms with E-state index < -0.39 is 0 Å². The fraction of sp³-hybridized carbons (Fsp3) is 0.750. The lowest BCUT2D eigenvalue weighted by molar-refractivity contribution is 0.259. The molecule has 1 heterocycles. The van der Waals surface area contributed by atoms with E-state index in [4.69, 9.17) is 11.6 Å². The second kappa shape index (κ2) is 5.02. The SMILES string of the molecule is CCC1CCCC(n2cncc2CCl)C1. The van der Waals surface area contributed by atoms with Gasteiger partial charge in [-0.25, -0.2) is 4.98 Å². The van der Waals surface area contributed by atoms with E-state index in [2.05, 4.69) is 16.5 Å². The molecule has 2 atom stereocenters. The molecular weight excluding hydrogens is 208 g/mol. The third-order valence-corrected chi connectivity index (χ3v) is 3.88. The number of alkyl halides is 1. The van der Waals surface area contributed by atoms with Gasteiger partial charge in [0.15, 0.2) is 0 Å². The topological polar surface area (TPSA) is 17.8 Å². The van der Waals surface area contributed by atoms with Gasteiger partial charge < -0.3 is 4.57 Å². The largest absolute Gasteiger partial charge is 0.330 e. The molecule has 2 unspecified atom stereocenters. The molecule has 1 saturated carbocycles. The number of rotatable bonds is 3. The summed E-state index contributed by atoms with van der Waals surface area (Å²) < 4.78 is 2.29. The lowest BCUT2D eigenvalue weighted by Crippen LogP contribution is -2.19. The van der Waals surface area contributed by atoms with E-state index in [0.29, 0.717) is 11.9 Å². The van der Waals surface area contributed by atoms with Gasteiger partial charge in [0.25, 0.3) is 0 Å². The minimum Gasteiger partial charge on any atom is -0.330 e. The quantitative estimate of drug-likeness (QED) is 0.718. The highest BCUT2D eigenvalue weighted by Gasteiger charge is 2.22. The summed E-state index contributed by atoms with van der Waals surface area (Å²) in [6.45, 7) is 2.30. The number of aromatic nitrogens is 2. The summed E-state index contributed by atoms with van der Waals surface area (Å²) in [7, 11) is 0. The van der Waals surface area contributed by atoms with Gasteiger partial charge in [-0.2, -0.15) is 0 Å². The van der Waals surface area contributed by atoms with Crippen LogP contribution in [0.1, 0.15) is 50.8 Å². The molecule has 3 heteroatoms. The summed E-state index contributed by atoms with van der Waals surface area (Å²) in [6, 6.07) is 0.639. The molecule has 1 fully saturated rings. The summed E-state index contributed by atoms with van der Waals surface area (Å²) >= 11 is 5.90. The standard InChI is InChI=1S/C12H19ClN2/c1-2-10-4-3-5-11(6-10)15-9-14-8-12(15)7-13/h8-11H,2-7H2,1H3. The van der Waals surface area contributed by atoms with Crippen molar-refractivity contribution in [3.63, 3.8) is 0 Å². The second-order valence-electron chi connectivity index (χ2n) is 4.52. The maximum atomic E-state index is 5.90. The van der Waals surface area contributed by atoms with Crippen LogP contribution < -0.4 is 0 Å². The summed E-state index contributed by atoms with van der Waals surface area (Å²) in [4.78, 5) is 4.20. The van der Waals surface area contributed by atoms with Crippen LogP contribution >= 0.6 is 11.6 Å². The van der Waals surface area contributed by atoms with Crippen molar-refractivity contribution in [2.45, 2.75) is 50.9 Å². The van der Waals surface area contributed by atoms with Gasteiger partial charge in [0.05, 0.1) is 17.9 Å². The zero-order chi connectivity index (χ0) is 10.7. The Labute approximate surface area is 96.7 Å². The van der Waals surface area contributed by atoms with E-state index in [1.54, 1.807) is 0 Å². The number of imidazole rings is 1. The molecule has 0 spiro atoms. The highest BCUT2D eigenvalue weighted by atomic mass is 35.5. The lowest BCUT2D eigenvalue weighted by atomic mass is 9.84. The number of hydrogen-bond donors (Lipinski definition) is 0. The molecule has 0 amide bonds. The molecule has 1 aliphatic rings. The van der Waals surface area contributed by atoms with Gasteiger partial charge in [-0.1, -0.05) is 26.2 Å². The molecule has 2 nitrogen and oxygen atoms in total. The molecule has 1 aliphatic carbocycles. The van der Waals surface area contributed by atoms with E-state index >= 15 is 0 Å². The first-order chi connectivity index (χ1) is 7.35. The Balaban J connectivity index is 2.09. The van der Waals surface area contributed by atoms with E-state index in [1.165, 1.54) is 37.8 Å². The van der Waals surface area contributed by atoms with Crippen LogP contribution in [0.5, 0.6) is 0 Å². The Hall–Kier alpha value is -0.500. The van der Waals surface area contributed by atoms with Crippen molar-refractivity contribution in [3.8, 4) is 0 Å². The molecule has 2 rings (SSSR count). The maximum Gasteiger partial charge on any atom is 0.0951 e. The summed E-state index contributed by atoms with van der Waals surface area (Å²) in [5.41, 5.74) is 1.17. The van der Waals surface area contributed by atoms with Gasteiger partial charge in [0.2, 0.25) is 0 Å². The number of hydrogen-bond acceptors (Lipinski definition) is 1. The molecule has 0 aliphatic heterocycles. The molecule has 84 valence electrons. The van der Waals surface area contributed by atoms with Crippen LogP contribution in [0.3, 0.4) is 0 Å². The van der Waals surface area contributed by atoms with Crippen LogP contribution in [-0.2, 0) is 5.88 Å². The van der Waals surface area contributed by atoms with Crippen molar-refractivity contribution in [2.24, 2.45) is 5.92 Å². The molecule has 0 radical (unpaired) electrons. The van der Waals surface area contributed by atoms with Gasteiger partial charge in [-0.15, -0.1) is 11.6 Å². The first kappa shape index (κ1) is 11.0. The normalized spacial score (nSPS) is 26.8. The molecule has 0 N–H and O–H groups in total. The fourth-order valence-electron chi connectivity index (χ4n) is 2.65. The Bertz CT molecular complexity index is 308. The Morgan fingerprint density at radius 2 is 2.40 bits per heavy atom. The van der Waals surface area contributed by atoms with Crippen molar-refractivity contribution in [3.05, 3.63) is 18.2 Å². The predicted molar refractivity (Wildman–Crippen MR) is 63.1 cm³/mol. The first-order valence-corrected chi connectivity index (χ1v) is 6.45. The molecule has 0 bridgehead atoms. The van der Waals surface area contributed by atoms with Gasteiger partial charge in [0.1, 0.15) is 0 Å². The van der Waals surface area contributed by atoms with E-state index in [-0.39, 0.29) is 0 Å². The zero-order valence-electron chi connectivity index (χ0n) is 9.32. The fourth-order valence-corrected chi connectivity index (χ4v) is 2.86. The minimum atomic E-state index is 0.577. The highest BCUT2D eigenvalue weighted by molar-refractivity contribution is 6.16. The zero-order valence-corrected chi connectivity index (χ0v) is 10.1. The van der Waals surface area contributed by atoms with Crippen LogP contribution in [0.15, 0.2) is 12.5 Å². The third kappa shape index (κ3) is 2.36. The predicted octanol–water partition coefficient (Wildman–Crippen LogP) is 3.76. The van der Waals surface area contributed by atoms with Crippen LogP contribution in [-0.4, -0.2) is 9.55 Å². The average Bonchev–Trinajstić information content (AvgIpc) is 2.77. The second-order valence-corrected chi connectivity index (χ2v) is 4.79. The van der Waals surface area contributed by atoms with Crippen molar-refractivity contribution < 1.29 is 0 Å². The summed E-state index contributed by atoms with van der Waals surface area (Å²) in [5, 5.41) is 0. The molecule has 0 saturated heterocycles. The van der Waals surface area contributed by atoms with Gasteiger partial charge in [0, 0.05) is 12.2 Å². The van der Waals surface area contributed by atoms with Crippen molar-refractivity contribution in [2.75, 3.05) is 0 Å². The van der Waals surface area contributed by atoms with Crippen LogP contribution in [0.4, 0.5) is 0 Å². The third-order valence-electron chi connectivity index (χ3n) is 3.61. The Morgan fingerprint density at radius 3 is 3.13 bits per heavy atom. The Morgan fingerprint density at radius 1 is 1.53 bits per heavy atom.